The summed E-state index contributed by atoms with van der Waals surface area (Å²) in [6.45, 7) is 3.25. The first kappa shape index (κ1) is 15.0. The predicted octanol–water partition coefficient (Wildman–Crippen LogP) is 3.20. The summed E-state index contributed by atoms with van der Waals surface area (Å²) in [5.74, 6) is 0.454. The summed E-state index contributed by atoms with van der Waals surface area (Å²) in [5, 5.41) is 0.276. The van der Waals surface area contributed by atoms with E-state index in [-0.39, 0.29) is 15.1 Å². The molecule has 106 valence electrons. The van der Waals surface area contributed by atoms with E-state index in [1.165, 1.54) is 16.6 Å². The molecule has 0 bridgehead atoms. The third-order valence-electron chi connectivity index (χ3n) is 3.35. The first-order valence-electron chi connectivity index (χ1n) is 6.26. The van der Waals surface area contributed by atoms with E-state index in [9.17, 15) is 8.42 Å². The van der Waals surface area contributed by atoms with Crippen LogP contribution in [0, 0.1) is 5.92 Å². The van der Waals surface area contributed by atoms with Crippen LogP contribution in [-0.4, -0.2) is 30.8 Å². The molecule has 1 aromatic rings. The zero-order chi connectivity index (χ0) is 14.0. The van der Waals surface area contributed by atoms with Crippen LogP contribution < -0.4 is 0 Å². The number of nitrogens with zero attached hydrogens (tertiary/aromatic N) is 2. The average molecular weight is 323 g/mol. The van der Waals surface area contributed by atoms with Gasteiger partial charge in [0.2, 0.25) is 10.0 Å². The van der Waals surface area contributed by atoms with Gasteiger partial charge in [0.15, 0.2) is 0 Å². The lowest BCUT2D eigenvalue weighted by Gasteiger charge is -2.16. The summed E-state index contributed by atoms with van der Waals surface area (Å²) in [7, 11) is -3.50. The van der Waals surface area contributed by atoms with Crippen LogP contribution in [0.3, 0.4) is 0 Å². The maximum absolute atomic E-state index is 12.4. The van der Waals surface area contributed by atoms with Gasteiger partial charge in [0.25, 0.3) is 0 Å². The molecule has 1 aliphatic rings. The van der Waals surface area contributed by atoms with Crippen molar-refractivity contribution in [2.75, 3.05) is 13.1 Å². The molecule has 2 rings (SSSR count). The maximum Gasteiger partial charge on any atom is 0.244 e. The Morgan fingerprint density at radius 3 is 2.84 bits per heavy atom. The molecule has 2 heterocycles. The molecule has 1 fully saturated rings. The monoisotopic (exact) mass is 322 g/mol. The van der Waals surface area contributed by atoms with Gasteiger partial charge in [0.1, 0.15) is 10.0 Å². The van der Waals surface area contributed by atoms with Crippen LogP contribution in [0.15, 0.2) is 17.2 Å². The van der Waals surface area contributed by atoms with Crippen LogP contribution in [0.1, 0.15) is 26.2 Å². The van der Waals surface area contributed by atoms with Gasteiger partial charge >= 0.3 is 0 Å². The minimum absolute atomic E-state index is 0.110. The highest BCUT2D eigenvalue weighted by molar-refractivity contribution is 7.89. The molecule has 1 saturated heterocycles. The van der Waals surface area contributed by atoms with E-state index in [1.807, 2.05) is 0 Å². The van der Waals surface area contributed by atoms with Gasteiger partial charge in [-0.2, -0.15) is 4.31 Å². The Bertz CT molecular complexity index is 563. The second kappa shape index (κ2) is 5.95. The van der Waals surface area contributed by atoms with E-state index in [0.29, 0.717) is 19.0 Å². The molecule has 0 aliphatic carbocycles. The van der Waals surface area contributed by atoms with E-state index in [2.05, 4.69) is 11.9 Å². The van der Waals surface area contributed by atoms with E-state index < -0.39 is 10.0 Å². The highest BCUT2D eigenvalue weighted by Crippen LogP contribution is 2.29. The third-order valence-corrected chi connectivity index (χ3v) is 5.87. The number of halogens is 2. The van der Waals surface area contributed by atoms with Gasteiger partial charge in [-0.05, 0) is 24.8 Å². The van der Waals surface area contributed by atoms with Crippen molar-refractivity contribution in [1.82, 2.24) is 9.29 Å². The van der Waals surface area contributed by atoms with Crippen molar-refractivity contribution in [3.8, 4) is 0 Å². The minimum atomic E-state index is -3.50. The van der Waals surface area contributed by atoms with Gasteiger partial charge in [-0.1, -0.05) is 36.5 Å². The maximum atomic E-state index is 12.4. The molecule has 0 radical (unpaired) electrons. The molecule has 1 aromatic heterocycles. The van der Waals surface area contributed by atoms with Crippen molar-refractivity contribution in [1.29, 1.82) is 0 Å². The quantitative estimate of drug-likeness (QED) is 0.800. The Kier molecular flexibility index (Phi) is 4.71. The molecule has 0 spiro atoms. The molecule has 0 N–H and O–H groups in total. The lowest BCUT2D eigenvalue weighted by Crippen LogP contribution is -2.29. The van der Waals surface area contributed by atoms with Crippen LogP contribution in [0.25, 0.3) is 0 Å². The fourth-order valence-electron chi connectivity index (χ4n) is 2.35. The van der Waals surface area contributed by atoms with Crippen LogP contribution in [0.5, 0.6) is 0 Å². The molecule has 1 atom stereocenters. The van der Waals surface area contributed by atoms with E-state index in [0.717, 1.165) is 19.3 Å². The summed E-state index contributed by atoms with van der Waals surface area (Å²) in [5.41, 5.74) is 0. The van der Waals surface area contributed by atoms with Crippen molar-refractivity contribution in [3.05, 3.63) is 22.4 Å². The smallest absolute Gasteiger partial charge is 0.242 e. The van der Waals surface area contributed by atoms with Crippen molar-refractivity contribution < 1.29 is 8.42 Å². The van der Waals surface area contributed by atoms with Crippen molar-refractivity contribution in [2.24, 2.45) is 5.92 Å². The summed E-state index contributed by atoms with van der Waals surface area (Å²) < 4.78 is 26.4. The molecule has 0 aromatic carbocycles. The Labute approximate surface area is 123 Å². The fourth-order valence-corrected chi connectivity index (χ4v) is 4.19. The lowest BCUT2D eigenvalue weighted by molar-refractivity contribution is 0.444. The van der Waals surface area contributed by atoms with Crippen molar-refractivity contribution in [2.45, 2.75) is 31.1 Å². The Balaban J connectivity index is 2.21. The first-order valence-corrected chi connectivity index (χ1v) is 8.46. The SMILES string of the molecule is CCCC1CCN(S(=O)(=O)c2cnc(Cl)c(Cl)c2)C1. The second-order valence-corrected chi connectivity index (χ2v) is 7.45. The molecule has 0 amide bonds. The molecule has 19 heavy (non-hydrogen) atoms. The molecule has 7 heteroatoms. The molecule has 4 nitrogen and oxygen atoms in total. The van der Waals surface area contributed by atoms with Crippen molar-refractivity contribution >= 4 is 33.2 Å². The number of sulfonamides is 1. The van der Waals surface area contributed by atoms with Crippen LogP contribution in [0.2, 0.25) is 10.2 Å². The van der Waals surface area contributed by atoms with Gasteiger partial charge in [0, 0.05) is 19.3 Å². The largest absolute Gasteiger partial charge is 0.244 e. The normalized spacial score (nSPS) is 20.9. The summed E-state index contributed by atoms with van der Waals surface area (Å²) in [6, 6.07) is 1.36. The zero-order valence-corrected chi connectivity index (χ0v) is 13.0. The molecular formula is C12H16Cl2N2O2S. The van der Waals surface area contributed by atoms with Gasteiger partial charge in [-0.3, -0.25) is 0 Å². The van der Waals surface area contributed by atoms with Gasteiger partial charge < -0.3 is 0 Å². The third kappa shape index (κ3) is 3.21. The van der Waals surface area contributed by atoms with Crippen LogP contribution in [0.4, 0.5) is 0 Å². The summed E-state index contributed by atoms with van der Waals surface area (Å²) in [4.78, 5) is 3.91. The van der Waals surface area contributed by atoms with E-state index >= 15 is 0 Å². The van der Waals surface area contributed by atoms with Gasteiger partial charge in [-0.15, -0.1) is 0 Å². The molecule has 1 aliphatic heterocycles. The fraction of sp³-hybridized carbons (Fsp3) is 0.583. The lowest BCUT2D eigenvalue weighted by atomic mass is 10.0. The number of rotatable bonds is 4. The van der Waals surface area contributed by atoms with Gasteiger partial charge in [0.05, 0.1) is 5.02 Å². The Hall–Kier alpha value is -0.360. The number of pyridine rings is 1. The second-order valence-electron chi connectivity index (χ2n) is 4.75. The number of hydrogen-bond donors (Lipinski definition) is 0. The highest BCUT2D eigenvalue weighted by Gasteiger charge is 2.32. The Morgan fingerprint density at radius 1 is 1.47 bits per heavy atom. The highest BCUT2D eigenvalue weighted by atomic mass is 35.5. The zero-order valence-electron chi connectivity index (χ0n) is 10.6. The van der Waals surface area contributed by atoms with E-state index in [1.54, 1.807) is 0 Å². The molecule has 0 saturated carbocycles. The summed E-state index contributed by atoms with van der Waals surface area (Å²) >= 11 is 11.5. The summed E-state index contributed by atoms with van der Waals surface area (Å²) in [6.07, 6.45) is 4.32. The standard InChI is InChI=1S/C12H16Cl2N2O2S/c1-2-3-9-4-5-16(8-9)19(17,18)10-6-11(13)12(14)15-7-10/h6-7,9H,2-5,8H2,1H3. The van der Waals surface area contributed by atoms with Crippen molar-refractivity contribution in [3.63, 3.8) is 0 Å². The minimum Gasteiger partial charge on any atom is -0.242 e. The molecule has 1 unspecified atom stereocenters. The van der Waals surface area contributed by atoms with Crippen LogP contribution in [-0.2, 0) is 10.0 Å². The van der Waals surface area contributed by atoms with Gasteiger partial charge in [-0.25, -0.2) is 13.4 Å². The Morgan fingerprint density at radius 2 is 2.21 bits per heavy atom. The number of aromatic nitrogens is 1. The topological polar surface area (TPSA) is 50.3 Å². The average Bonchev–Trinajstić information content (AvgIpc) is 2.82. The van der Waals surface area contributed by atoms with E-state index in [4.69, 9.17) is 23.2 Å². The predicted molar refractivity (Wildman–Crippen MR) is 76.0 cm³/mol. The first-order chi connectivity index (χ1) is 8.95. The number of hydrogen-bond acceptors (Lipinski definition) is 3. The van der Waals surface area contributed by atoms with Crippen LogP contribution >= 0.6 is 23.2 Å². The molecular weight excluding hydrogens is 307 g/mol.